The van der Waals surface area contributed by atoms with Gasteiger partial charge in [0.05, 0.1) is 4.92 Å². The van der Waals surface area contributed by atoms with Gasteiger partial charge in [0.1, 0.15) is 17.4 Å². The molecule has 2 aliphatic heterocycles. The number of carbonyl (C=O) groups is 2. The molecular weight excluding hydrogens is 425 g/mol. The van der Waals surface area contributed by atoms with E-state index in [-0.39, 0.29) is 23.6 Å². The van der Waals surface area contributed by atoms with Crippen LogP contribution < -0.4 is 0 Å². The van der Waals surface area contributed by atoms with E-state index >= 15 is 0 Å². The molecule has 1 saturated heterocycles. The van der Waals surface area contributed by atoms with E-state index < -0.39 is 41.2 Å². The number of amides is 1. The number of aliphatic imine (C=N–C) groups is 1. The van der Waals surface area contributed by atoms with E-state index in [0.29, 0.717) is 5.56 Å². The number of nitro groups is 1. The van der Waals surface area contributed by atoms with Gasteiger partial charge in [0, 0.05) is 36.6 Å². The second-order valence-corrected chi connectivity index (χ2v) is 8.85. The molecule has 1 amide bonds. The number of hydrogen-bond donors (Lipinski definition) is 2. The Morgan fingerprint density at radius 3 is 2.66 bits per heavy atom. The van der Waals surface area contributed by atoms with Crippen LogP contribution in [0.3, 0.4) is 0 Å². The average molecular weight is 441 g/mol. The molecule has 2 N–H and O–H groups in total. The summed E-state index contributed by atoms with van der Waals surface area (Å²) in [6.07, 6.45) is 1.39. The number of thioether (sulfide) groups is 1. The Labute approximate surface area is 168 Å². The lowest BCUT2D eigenvalue weighted by molar-refractivity contribution is -0.384. The minimum Gasteiger partial charge on any atom is -0.461 e. The number of hydrogen-bond acceptors (Lipinski definition) is 8. The van der Waals surface area contributed by atoms with Crippen molar-refractivity contribution in [3.8, 4) is 0 Å². The molecule has 29 heavy (non-hydrogen) atoms. The van der Waals surface area contributed by atoms with Crippen LogP contribution in [0.5, 0.6) is 0 Å². The third-order valence-corrected chi connectivity index (χ3v) is 6.61. The van der Waals surface area contributed by atoms with Crippen molar-refractivity contribution in [3.05, 3.63) is 51.0 Å². The molecule has 0 unspecified atom stereocenters. The lowest BCUT2D eigenvalue weighted by Gasteiger charge is -2.48. The van der Waals surface area contributed by atoms with Gasteiger partial charge in [-0.05, 0) is 17.7 Å². The molecule has 0 aliphatic carbocycles. The number of rotatable bonds is 6. The van der Waals surface area contributed by atoms with Gasteiger partial charge in [0.2, 0.25) is 0 Å². The number of ether oxygens (including phenoxy) is 1. The van der Waals surface area contributed by atoms with Gasteiger partial charge in [0.15, 0.2) is 6.04 Å². The number of fused-ring (bicyclic) bond motifs is 1. The van der Waals surface area contributed by atoms with Gasteiger partial charge in [0.25, 0.3) is 11.6 Å². The lowest BCUT2D eigenvalue weighted by Crippen LogP contribution is -2.63. The first-order valence-electron chi connectivity index (χ1n) is 8.23. The molecule has 1 fully saturated rings. The van der Waals surface area contributed by atoms with Gasteiger partial charge in [-0.15, -0.1) is 11.8 Å². The maximum absolute atomic E-state index is 12.5. The smallest absolute Gasteiger partial charge is 0.372 e. The van der Waals surface area contributed by atoms with Crippen LogP contribution >= 0.6 is 19.4 Å². The highest BCUT2D eigenvalue weighted by molar-refractivity contribution is 8.00. The van der Waals surface area contributed by atoms with Crippen molar-refractivity contribution >= 4 is 43.1 Å². The van der Waals surface area contributed by atoms with E-state index in [9.17, 15) is 34.1 Å². The second kappa shape index (κ2) is 8.07. The molecule has 0 spiro atoms. The molecule has 0 bridgehead atoms. The van der Waals surface area contributed by atoms with E-state index in [1.54, 1.807) is 0 Å². The van der Waals surface area contributed by atoms with Gasteiger partial charge >= 0.3 is 13.6 Å². The third kappa shape index (κ3) is 4.40. The molecule has 1 aromatic rings. The molecule has 0 aromatic heterocycles. The average Bonchev–Trinajstić information content (AvgIpc) is 2.65. The van der Waals surface area contributed by atoms with Crippen LogP contribution in [-0.4, -0.2) is 61.5 Å². The predicted molar refractivity (Wildman–Crippen MR) is 103 cm³/mol. The maximum Gasteiger partial charge on any atom is 0.372 e. The van der Waals surface area contributed by atoms with Crippen LogP contribution in [0.15, 0.2) is 40.3 Å². The zero-order chi connectivity index (χ0) is 21.3. The fourth-order valence-corrected chi connectivity index (χ4v) is 5.45. The highest BCUT2D eigenvalue weighted by Crippen LogP contribution is 2.56. The van der Waals surface area contributed by atoms with Crippen molar-refractivity contribution in [2.24, 2.45) is 4.99 Å². The van der Waals surface area contributed by atoms with E-state index in [4.69, 9.17) is 4.74 Å². The van der Waals surface area contributed by atoms with E-state index in [0.717, 1.165) is 4.90 Å². The van der Waals surface area contributed by atoms with Crippen molar-refractivity contribution < 1.29 is 33.6 Å². The number of esters is 1. The van der Waals surface area contributed by atoms with Crippen LogP contribution in [-0.2, 0) is 18.9 Å². The molecule has 2 atom stereocenters. The molecule has 2 aliphatic rings. The summed E-state index contributed by atoms with van der Waals surface area (Å²) in [6.45, 7) is 0.865. The molecule has 0 radical (unpaired) electrons. The van der Waals surface area contributed by atoms with E-state index in [2.05, 4.69) is 4.99 Å². The predicted octanol–water partition coefficient (Wildman–Crippen LogP) is 1.25. The molecule has 13 heteroatoms. The van der Waals surface area contributed by atoms with Gasteiger partial charge in [-0.3, -0.25) is 34.2 Å². The van der Waals surface area contributed by atoms with Crippen LogP contribution in [0.1, 0.15) is 12.5 Å². The van der Waals surface area contributed by atoms with Crippen LogP contribution in [0, 0.1) is 10.1 Å². The fourth-order valence-electron chi connectivity index (χ4n) is 2.89. The Balaban J connectivity index is 1.79. The molecule has 3 rings (SSSR count). The van der Waals surface area contributed by atoms with Crippen molar-refractivity contribution in [2.75, 3.05) is 12.4 Å². The third-order valence-electron chi connectivity index (χ3n) is 4.20. The van der Waals surface area contributed by atoms with Crippen molar-refractivity contribution in [2.45, 2.75) is 18.3 Å². The van der Waals surface area contributed by atoms with Crippen LogP contribution in [0.25, 0.3) is 0 Å². The molecular formula is C16H16N3O8PS. The topological polar surface area (TPSA) is 160 Å². The Bertz CT molecular complexity index is 971. The molecule has 1 aromatic carbocycles. The van der Waals surface area contributed by atoms with Crippen molar-refractivity contribution in [1.29, 1.82) is 0 Å². The van der Waals surface area contributed by atoms with Crippen molar-refractivity contribution in [3.63, 3.8) is 0 Å². The number of β-lactam (4-membered cyclic amide) rings is 1. The standard InChI is InChI=1S/C16H16N3O8PS/c1-9(20)27-7-11-8-29-16-13(14(21)18(16)15(11)28(24,25)26)17-6-10-2-4-12(5-3-10)19(22)23/h2-6,13,16H,7-8H2,1H3,(H2,24,25,26)/t13-,16+/m0/s1. The quantitative estimate of drug-likeness (QED) is 0.165. The summed E-state index contributed by atoms with van der Waals surface area (Å²) in [5, 5.41) is 10.1. The molecule has 154 valence electrons. The first-order valence-corrected chi connectivity index (χ1v) is 10.9. The SMILES string of the molecule is CC(=O)OCC1=C(P(=O)(O)O)N2C(=O)[C@H](N=Cc3ccc([N+](=O)[O-])cc3)[C@H]2SC1. The van der Waals surface area contributed by atoms with Gasteiger partial charge in [-0.1, -0.05) is 0 Å². The summed E-state index contributed by atoms with van der Waals surface area (Å²) < 4.78 is 16.8. The zero-order valence-corrected chi connectivity index (χ0v) is 16.7. The monoisotopic (exact) mass is 441 g/mol. The number of carbonyl (C=O) groups excluding carboxylic acids is 2. The second-order valence-electron chi connectivity index (χ2n) is 6.23. The summed E-state index contributed by atoms with van der Waals surface area (Å²) in [7, 11) is -4.79. The highest BCUT2D eigenvalue weighted by atomic mass is 32.2. The largest absolute Gasteiger partial charge is 0.461 e. The molecule has 2 heterocycles. The summed E-state index contributed by atoms with van der Waals surface area (Å²) in [5.41, 5.74) is 0.215. The Kier molecular flexibility index (Phi) is 5.90. The Hall–Kier alpha value is -2.53. The Morgan fingerprint density at radius 2 is 2.10 bits per heavy atom. The Morgan fingerprint density at radius 1 is 1.45 bits per heavy atom. The number of benzene rings is 1. The van der Waals surface area contributed by atoms with Crippen LogP contribution in [0.2, 0.25) is 0 Å². The van der Waals surface area contributed by atoms with Gasteiger partial charge < -0.3 is 14.5 Å². The number of nitro benzene ring substituents is 1. The number of nitrogens with zero attached hydrogens (tertiary/aromatic N) is 3. The zero-order valence-electron chi connectivity index (χ0n) is 15.0. The summed E-state index contributed by atoms with van der Waals surface area (Å²) in [5.74, 6) is -1.01. The summed E-state index contributed by atoms with van der Waals surface area (Å²) in [6, 6.07) is 4.74. The van der Waals surface area contributed by atoms with Gasteiger partial charge in [-0.25, -0.2) is 0 Å². The summed E-state index contributed by atoms with van der Waals surface area (Å²) >= 11 is 1.26. The van der Waals surface area contributed by atoms with Gasteiger partial charge in [-0.2, -0.15) is 0 Å². The molecule has 0 saturated carbocycles. The lowest BCUT2D eigenvalue weighted by atomic mass is 10.1. The first kappa shape index (κ1) is 21.2. The molecule has 11 nitrogen and oxygen atoms in total. The van der Waals surface area contributed by atoms with E-state index in [1.807, 2.05) is 0 Å². The fraction of sp³-hybridized carbons (Fsp3) is 0.312. The minimum absolute atomic E-state index is 0.0763. The number of non-ortho nitro benzene ring substituents is 1. The first-order chi connectivity index (χ1) is 13.6. The van der Waals surface area contributed by atoms with Crippen molar-refractivity contribution in [1.82, 2.24) is 4.90 Å². The van der Waals surface area contributed by atoms with Crippen LogP contribution in [0.4, 0.5) is 5.69 Å². The highest BCUT2D eigenvalue weighted by Gasteiger charge is 2.55. The van der Waals surface area contributed by atoms with E-state index in [1.165, 1.54) is 49.2 Å². The maximum atomic E-state index is 12.5. The minimum atomic E-state index is -4.79. The summed E-state index contributed by atoms with van der Waals surface area (Å²) in [4.78, 5) is 58.3. The normalized spacial score (nSPS) is 21.8.